The molecular formula is C70H97Cl2NO38. The Labute approximate surface area is 645 Å². The van der Waals surface area contributed by atoms with Crippen LogP contribution in [0.15, 0.2) is 12.1 Å². The van der Waals surface area contributed by atoms with Crippen LogP contribution in [0, 0.1) is 24.0 Å². The summed E-state index contributed by atoms with van der Waals surface area (Å²) in [5.74, 6) is -7.54. The number of halogens is 2. The first kappa shape index (κ1) is 84.4. The van der Waals surface area contributed by atoms with Crippen LogP contribution >= 0.6 is 23.2 Å². The van der Waals surface area contributed by atoms with Gasteiger partial charge in [0, 0.05) is 52.8 Å². The van der Waals surface area contributed by atoms with E-state index in [4.69, 9.17) is 146 Å². The van der Waals surface area contributed by atoms with Gasteiger partial charge in [0.1, 0.15) is 132 Å². The summed E-state index contributed by atoms with van der Waals surface area (Å²) in [5.41, 5.74) is -3.54. The first-order chi connectivity index (χ1) is 52.6. The van der Waals surface area contributed by atoms with Gasteiger partial charge in [0.15, 0.2) is 73.7 Å². The second-order valence-corrected chi connectivity index (χ2v) is 30.6. The Kier molecular flexibility index (Phi) is 25.1. The molecule has 41 heteroatoms. The van der Waals surface area contributed by atoms with Gasteiger partial charge in [-0.3, -0.25) is 10.1 Å². The van der Waals surface area contributed by atoms with Gasteiger partial charge >= 0.3 is 17.9 Å². The molecule has 0 amide bonds. The summed E-state index contributed by atoms with van der Waals surface area (Å²) in [6.07, 6.45) is -40.9. The van der Waals surface area contributed by atoms with E-state index in [-0.39, 0.29) is 83.3 Å². The molecule has 11 aliphatic rings. The van der Waals surface area contributed by atoms with Gasteiger partial charge in [-0.1, -0.05) is 23.2 Å². The summed E-state index contributed by atoms with van der Waals surface area (Å²) >= 11 is 12.8. The number of methoxy groups -OCH3 is 5. The number of benzene rings is 2. The van der Waals surface area contributed by atoms with Crippen LogP contribution in [0.2, 0.25) is 10.0 Å². The minimum Gasteiger partial charge on any atom is -0.508 e. The van der Waals surface area contributed by atoms with E-state index in [0.717, 1.165) is 6.07 Å². The van der Waals surface area contributed by atoms with E-state index < -0.39 is 248 Å². The van der Waals surface area contributed by atoms with Crippen molar-refractivity contribution < 1.29 is 179 Å². The van der Waals surface area contributed by atoms with E-state index in [9.17, 15) is 60.6 Å². The SMILES string of the molecule is COC[C@H]1O[C@@H](O[C@@H]2OC[C@@H]3O[C@@]4(OC[C@@H](OC(=O)c5c(C)cc(O)cc5O)[C@@H]5OCO[C@H]54)O[C@H]3[C@H]2O)[C@@H](OC)[C@@H](O)[C@@H]1O[C@@H]1O[C@H](C)[C@H](OC)[C@H](O[C@@H]2O[C@H](C)[C@H]3OC4(C[C@@H](O)[C@H](O[C@H]5C[C@@H](O[C@H]6C[C@@](C)([N+](=O)[O-])[C@@H](OC)[C@H](C)O6)[C@H](OC(=O)c6c(C)c(Cl)c(O)c(Cl)c6OC)[C@@H](C)O5)[C@@H](C)O4)O[C@]3(C)[C@@H]2O)[C@H]1O. The molecule has 624 valence electrons. The van der Waals surface area contributed by atoms with Crippen LogP contribution in [0.3, 0.4) is 0 Å². The van der Waals surface area contributed by atoms with Gasteiger partial charge in [-0.05, 0) is 72.6 Å². The molecule has 1 unspecified atom stereocenters. The second-order valence-electron chi connectivity index (χ2n) is 29.9. The number of esters is 2. The summed E-state index contributed by atoms with van der Waals surface area (Å²) in [6.45, 7) is 12.7. The van der Waals surface area contributed by atoms with Crippen LogP contribution in [0.1, 0.15) is 99.6 Å². The minimum atomic E-state index is -2.06. The van der Waals surface area contributed by atoms with Crippen LogP contribution in [0.4, 0.5) is 0 Å². The van der Waals surface area contributed by atoms with E-state index in [0.29, 0.717) is 0 Å². The van der Waals surface area contributed by atoms with Crippen molar-refractivity contribution in [1.82, 2.24) is 0 Å². The third-order valence-electron chi connectivity index (χ3n) is 22.5. The van der Waals surface area contributed by atoms with Gasteiger partial charge in [0.2, 0.25) is 0 Å². The quantitative estimate of drug-likeness (QED) is 0.0495. The van der Waals surface area contributed by atoms with Gasteiger partial charge in [0.05, 0.1) is 81.4 Å². The number of hydrogen-bond acceptors (Lipinski definition) is 38. The lowest BCUT2D eigenvalue weighted by Crippen LogP contribution is -2.68. The molecule has 0 radical (unpaired) electrons. The molecular weight excluding hydrogens is 1530 g/mol. The van der Waals surface area contributed by atoms with Crippen molar-refractivity contribution in [1.29, 1.82) is 0 Å². The topological polar surface area (TPSA) is 479 Å². The maximum atomic E-state index is 14.3. The lowest BCUT2D eigenvalue weighted by molar-refractivity contribution is -0.595. The van der Waals surface area contributed by atoms with Gasteiger partial charge in [-0.15, -0.1) is 0 Å². The minimum absolute atomic E-state index is 0.0700. The lowest BCUT2D eigenvalue weighted by Gasteiger charge is -2.50. The summed E-state index contributed by atoms with van der Waals surface area (Å²) in [7, 11) is 6.53. The van der Waals surface area contributed by atoms with Crippen molar-refractivity contribution in [2.45, 2.75) is 295 Å². The molecule has 39 nitrogen and oxygen atoms in total. The molecule has 0 aliphatic carbocycles. The number of aliphatic hydroxyl groups is 5. The van der Waals surface area contributed by atoms with Crippen molar-refractivity contribution in [2.24, 2.45) is 0 Å². The Hall–Kier alpha value is -4.56. The van der Waals surface area contributed by atoms with Crippen molar-refractivity contribution in [3.63, 3.8) is 0 Å². The molecule has 11 aliphatic heterocycles. The van der Waals surface area contributed by atoms with Crippen LogP contribution in [0.25, 0.3) is 0 Å². The zero-order valence-electron chi connectivity index (χ0n) is 63.0. The third kappa shape index (κ3) is 15.5. The van der Waals surface area contributed by atoms with Crippen LogP contribution in [-0.4, -0.2) is 333 Å². The number of aromatic hydroxyl groups is 3. The molecule has 13 rings (SSSR count). The fourth-order valence-electron chi connectivity index (χ4n) is 17.0. The molecule has 111 heavy (non-hydrogen) atoms. The Bertz CT molecular complexity index is 3630. The lowest BCUT2D eigenvalue weighted by atomic mass is 9.85. The van der Waals surface area contributed by atoms with Gasteiger partial charge in [0.25, 0.3) is 11.5 Å². The number of phenolic OH excluding ortho intramolecular Hbond substituents is 3. The molecule has 11 fully saturated rings. The van der Waals surface area contributed by atoms with E-state index in [1.807, 2.05) is 0 Å². The number of carbonyl (C=O) groups excluding carboxylic acids is 2. The van der Waals surface area contributed by atoms with Crippen LogP contribution in [-0.2, 0) is 118 Å². The number of rotatable bonds is 21. The summed E-state index contributed by atoms with van der Waals surface area (Å²) in [4.78, 5) is 39.8. The highest BCUT2D eigenvalue weighted by atomic mass is 35.5. The molecule has 11 saturated heterocycles. The van der Waals surface area contributed by atoms with Gasteiger partial charge in [-0.2, -0.15) is 0 Å². The third-order valence-corrected chi connectivity index (χ3v) is 23.3. The standard InChI is InChI=1S/C70H97Cl2NO38/c1-24-15-31(74)16-32(75)40(24)61(82)100-36-22-94-70(60-53(36)92-23-93-60)108-37-21-91-63(46(79)52(37)109-70)106-65-56(89-13)45(78)51(35(101-65)20-86-10)104-64-47(80)55(50(87-11)27(4)97-64)105-66-57(81)68(9)59(30(7)98-66)110-69(111-68)18-33(76)48(28(5)107-69)102-38-17-34(99-39-19-67(8,73(84)85)58(90-14)29(6)96-39)49(26(3)95-38)103-62(83)41-25(2)42(71)44(77)43(72)54(41)88-12/h15-16,26-30,33-39,45-53,55-60,63-66,74-81H,17-23H2,1-14H3/t26-,27-,28-,29+,30-,33-,34-,35-,36-,37+,38+,39+,45+,46-,47-,48-,49-,50+,51-,52-,53+,55-,56+,57-,58+,59-,60-,63+,64+,65+,66+,67-,68-,69?,70-/m1/s1. The van der Waals surface area contributed by atoms with E-state index >= 15 is 0 Å². The Morgan fingerprint density at radius 3 is 1.98 bits per heavy atom. The predicted octanol–water partition coefficient (Wildman–Crippen LogP) is 1.26. The van der Waals surface area contributed by atoms with Crippen LogP contribution in [0.5, 0.6) is 23.0 Å². The predicted molar refractivity (Wildman–Crippen MR) is 363 cm³/mol. The molecule has 8 N–H and O–H groups in total. The fraction of sp³-hybridized carbons (Fsp3) is 0.800. The number of hydrogen-bond donors (Lipinski definition) is 8. The first-order valence-corrected chi connectivity index (χ1v) is 37.1. The van der Waals surface area contributed by atoms with Crippen molar-refractivity contribution >= 4 is 35.1 Å². The number of phenols is 3. The molecule has 2 aromatic rings. The molecule has 2 spiro atoms. The van der Waals surface area contributed by atoms with Crippen molar-refractivity contribution in [3.05, 3.63) is 54.5 Å². The maximum Gasteiger partial charge on any atom is 0.342 e. The Morgan fingerprint density at radius 2 is 1.31 bits per heavy atom. The highest BCUT2D eigenvalue weighted by Crippen LogP contribution is 2.53. The second kappa shape index (κ2) is 33.1. The molecule has 11 heterocycles. The van der Waals surface area contributed by atoms with Gasteiger partial charge in [-0.25, -0.2) is 9.59 Å². The van der Waals surface area contributed by atoms with E-state index in [1.165, 1.54) is 69.3 Å². The first-order valence-electron chi connectivity index (χ1n) is 36.3. The normalized spacial score (nSPS) is 45.6. The molecule has 0 saturated carbocycles. The number of carbonyl (C=O) groups is 2. The highest BCUT2D eigenvalue weighted by molar-refractivity contribution is 6.39. The average molecular weight is 1630 g/mol. The summed E-state index contributed by atoms with van der Waals surface area (Å²) < 4.78 is 160. The smallest absolute Gasteiger partial charge is 0.342 e. The molecule has 0 bridgehead atoms. The average Bonchev–Trinajstić information content (AvgIpc) is 1.58. The highest BCUT2D eigenvalue weighted by Gasteiger charge is 2.70. The van der Waals surface area contributed by atoms with E-state index in [2.05, 4.69) is 0 Å². The Morgan fingerprint density at radius 1 is 0.613 bits per heavy atom. The zero-order valence-corrected chi connectivity index (χ0v) is 64.5. The number of ether oxygens (including phenoxy) is 26. The number of aliphatic hydroxyl groups excluding tert-OH is 5. The number of nitro groups is 1. The number of aryl methyl sites for hydroxylation is 1. The van der Waals surface area contributed by atoms with E-state index in [1.54, 1.807) is 34.6 Å². The monoisotopic (exact) mass is 1630 g/mol. The van der Waals surface area contributed by atoms with Gasteiger partial charge < -0.3 is 164 Å². The van der Waals surface area contributed by atoms with Crippen LogP contribution < -0.4 is 4.74 Å². The zero-order chi connectivity index (χ0) is 80.2. The molecule has 2 aromatic carbocycles. The molecule has 35 atom stereocenters. The van der Waals surface area contributed by atoms with Crippen molar-refractivity contribution in [2.75, 3.05) is 62.2 Å². The largest absolute Gasteiger partial charge is 0.508 e. The fourth-order valence-corrected chi connectivity index (χ4v) is 17.5. The number of nitrogens with zero attached hydrogens (tertiary/aromatic N) is 1. The maximum absolute atomic E-state index is 14.3. The summed E-state index contributed by atoms with van der Waals surface area (Å²) in [6, 6.07) is 2.28. The Balaban J connectivity index is 0.644. The summed E-state index contributed by atoms with van der Waals surface area (Å²) in [5, 5.41) is 104. The number of fused-ring (bicyclic) bond motifs is 4. The molecule has 0 aromatic heterocycles. The van der Waals surface area contributed by atoms with Crippen molar-refractivity contribution in [3.8, 4) is 23.0 Å².